The second kappa shape index (κ2) is 13.0. The van der Waals surface area contributed by atoms with Gasteiger partial charge in [-0.1, -0.05) is 20.8 Å². The summed E-state index contributed by atoms with van der Waals surface area (Å²) in [6.07, 6.45) is 0.937. The van der Waals surface area contributed by atoms with E-state index in [0.717, 1.165) is 6.07 Å². The van der Waals surface area contributed by atoms with Crippen molar-refractivity contribution in [2.75, 3.05) is 13.4 Å². The molecule has 3 rings (SSSR count). The number of hydrogen-bond acceptors (Lipinski definition) is 9. The molecular formula is C27H37F2N4O8P. The first-order valence-corrected chi connectivity index (χ1v) is 15.0. The number of ether oxygens (including phenoxy) is 3. The lowest BCUT2D eigenvalue weighted by Gasteiger charge is -2.27. The topological polar surface area (TPSA) is 165 Å². The number of fused-ring (bicyclic) bond motifs is 1. The standard InChI is InChI=1S/C27H37F2N4O8P/c1-26(2,3)12-20(38-15-39-25(34)41-18-9-7-16(8-10-18)14-40-42(35,36)37)31-24-32-22-19(28)11-17(13-30)21(29)23(22)33(24)27(4,5)6/h11,16,18H,7-10,12,14-15H2,1-6H3,(H2,35,36,37)/b31-20-. The number of imidazole rings is 1. The van der Waals surface area contributed by atoms with Crippen LogP contribution in [-0.4, -0.2) is 50.9 Å². The van der Waals surface area contributed by atoms with Crippen LogP contribution in [0.4, 0.5) is 19.5 Å². The minimum absolute atomic E-state index is 0.0493. The second-order valence-electron chi connectivity index (χ2n) is 12.4. The third-order valence-electron chi connectivity index (χ3n) is 6.44. The molecule has 1 heterocycles. The summed E-state index contributed by atoms with van der Waals surface area (Å²) in [5, 5.41) is 9.26. The van der Waals surface area contributed by atoms with Crippen molar-refractivity contribution in [2.45, 2.75) is 85.3 Å². The number of carbonyl (C=O) groups is 1. The van der Waals surface area contributed by atoms with Crippen LogP contribution in [0.2, 0.25) is 0 Å². The van der Waals surface area contributed by atoms with Crippen LogP contribution < -0.4 is 0 Å². The number of aliphatic imine (C=N–C) groups is 1. The average molecular weight is 615 g/mol. The van der Waals surface area contributed by atoms with E-state index < -0.39 is 49.6 Å². The number of nitriles is 1. The molecular weight excluding hydrogens is 577 g/mol. The lowest BCUT2D eigenvalue weighted by Crippen LogP contribution is -2.27. The lowest BCUT2D eigenvalue weighted by atomic mass is 9.88. The molecule has 12 nitrogen and oxygen atoms in total. The predicted octanol–water partition coefficient (Wildman–Crippen LogP) is 6.20. The summed E-state index contributed by atoms with van der Waals surface area (Å²) < 4.78 is 63.0. The Morgan fingerprint density at radius 3 is 2.36 bits per heavy atom. The van der Waals surface area contributed by atoms with Gasteiger partial charge in [0.2, 0.25) is 12.7 Å². The Morgan fingerprint density at radius 1 is 1.17 bits per heavy atom. The summed E-state index contributed by atoms with van der Waals surface area (Å²) in [5.41, 5.74) is -2.09. The van der Waals surface area contributed by atoms with Crippen molar-refractivity contribution in [1.29, 1.82) is 5.26 Å². The molecule has 0 amide bonds. The molecule has 1 aliphatic rings. The quantitative estimate of drug-likeness (QED) is 0.115. The van der Waals surface area contributed by atoms with Crippen molar-refractivity contribution >= 4 is 36.9 Å². The molecule has 0 unspecified atom stereocenters. The summed E-state index contributed by atoms with van der Waals surface area (Å²) in [5.74, 6) is -1.78. The molecule has 2 aromatic rings. The number of benzene rings is 1. The van der Waals surface area contributed by atoms with Crippen molar-refractivity contribution in [1.82, 2.24) is 9.55 Å². The number of rotatable bonds is 8. The second-order valence-corrected chi connectivity index (χ2v) is 13.6. The highest BCUT2D eigenvalue weighted by molar-refractivity contribution is 7.46. The van der Waals surface area contributed by atoms with Gasteiger partial charge in [-0.2, -0.15) is 10.3 Å². The van der Waals surface area contributed by atoms with Crippen molar-refractivity contribution in [3.63, 3.8) is 0 Å². The number of nitrogens with zero attached hydrogens (tertiary/aromatic N) is 4. The molecule has 2 N–H and O–H groups in total. The van der Waals surface area contributed by atoms with Gasteiger partial charge >= 0.3 is 14.0 Å². The van der Waals surface area contributed by atoms with Crippen LogP contribution in [0.1, 0.15) is 79.2 Å². The summed E-state index contributed by atoms with van der Waals surface area (Å²) in [4.78, 5) is 38.7. The van der Waals surface area contributed by atoms with E-state index in [4.69, 9.17) is 24.0 Å². The van der Waals surface area contributed by atoms with Crippen LogP contribution in [0.3, 0.4) is 0 Å². The van der Waals surface area contributed by atoms with Crippen LogP contribution in [0.25, 0.3) is 11.0 Å². The summed E-state index contributed by atoms with van der Waals surface area (Å²) in [6, 6.07) is 2.45. The van der Waals surface area contributed by atoms with Gasteiger partial charge in [0.15, 0.2) is 17.5 Å². The van der Waals surface area contributed by atoms with Gasteiger partial charge in [0.05, 0.1) is 12.2 Å². The minimum atomic E-state index is -4.53. The molecule has 1 aromatic heterocycles. The van der Waals surface area contributed by atoms with Gasteiger partial charge in [0.1, 0.15) is 23.2 Å². The smallest absolute Gasteiger partial charge is 0.444 e. The van der Waals surface area contributed by atoms with Gasteiger partial charge in [-0.15, -0.1) is 0 Å². The lowest BCUT2D eigenvalue weighted by molar-refractivity contribution is -0.0314. The monoisotopic (exact) mass is 614 g/mol. The SMILES string of the molecule is CC(C)(C)C/C(=N/c1nc2c(F)cc(C#N)c(F)c2n1C(C)(C)C)OCOC(=O)OC1CCC(COP(=O)(O)O)CC1. The van der Waals surface area contributed by atoms with Gasteiger partial charge < -0.3 is 28.6 Å². The first kappa shape index (κ1) is 33.4. The van der Waals surface area contributed by atoms with Crippen molar-refractivity contribution in [3.8, 4) is 6.07 Å². The number of carbonyl (C=O) groups excluding carboxylic acids is 1. The van der Waals surface area contributed by atoms with Gasteiger partial charge in [-0.05, 0) is 63.9 Å². The largest absolute Gasteiger partial charge is 0.511 e. The van der Waals surface area contributed by atoms with Crippen LogP contribution in [-0.2, 0) is 28.8 Å². The van der Waals surface area contributed by atoms with Crippen LogP contribution in [0.5, 0.6) is 0 Å². The van der Waals surface area contributed by atoms with Gasteiger partial charge in [-0.3, -0.25) is 4.52 Å². The normalized spacial score (nSPS) is 18.5. The molecule has 15 heteroatoms. The molecule has 0 aliphatic heterocycles. The molecule has 232 valence electrons. The Hall–Kier alpha value is -3.11. The summed E-state index contributed by atoms with van der Waals surface area (Å²) >= 11 is 0. The molecule has 1 aromatic carbocycles. The van der Waals surface area contributed by atoms with E-state index in [-0.39, 0.29) is 47.2 Å². The Labute approximate surface area is 242 Å². The number of halogens is 2. The van der Waals surface area contributed by atoms with Gasteiger partial charge in [0.25, 0.3) is 0 Å². The van der Waals surface area contributed by atoms with E-state index >= 15 is 4.39 Å². The van der Waals surface area contributed by atoms with E-state index in [1.165, 1.54) is 4.57 Å². The van der Waals surface area contributed by atoms with Crippen LogP contribution in [0.15, 0.2) is 11.1 Å². The first-order valence-electron chi connectivity index (χ1n) is 13.4. The zero-order chi connectivity index (χ0) is 31.5. The Kier molecular flexibility index (Phi) is 10.4. The fraction of sp³-hybridized carbons (Fsp3) is 0.630. The van der Waals surface area contributed by atoms with E-state index in [1.54, 1.807) is 26.8 Å². The third kappa shape index (κ3) is 9.19. The fourth-order valence-electron chi connectivity index (χ4n) is 4.58. The zero-order valence-electron chi connectivity index (χ0n) is 24.5. The molecule has 0 bridgehead atoms. The summed E-state index contributed by atoms with van der Waals surface area (Å²) in [6.45, 7) is 10.4. The van der Waals surface area contributed by atoms with E-state index in [1.807, 2.05) is 20.8 Å². The van der Waals surface area contributed by atoms with E-state index in [0.29, 0.717) is 25.7 Å². The molecule has 0 radical (unpaired) electrons. The molecule has 1 saturated carbocycles. The third-order valence-corrected chi connectivity index (χ3v) is 6.92. The van der Waals surface area contributed by atoms with Crippen molar-refractivity contribution < 1.29 is 46.7 Å². The molecule has 1 aliphatic carbocycles. The highest BCUT2D eigenvalue weighted by Crippen LogP contribution is 2.38. The van der Waals surface area contributed by atoms with Gasteiger partial charge in [-0.25, -0.2) is 23.1 Å². The summed E-state index contributed by atoms with van der Waals surface area (Å²) in [7, 11) is -4.53. The highest BCUT2D eigenvalue weighted by Gasteiger charge is 2.29. The highest BCUT2D eigenvalue weighted by atomic mass is 31.2. The molecule has 42 heavy (non-hydrogen) atoms. The maximum atomic E-state index is 15.2. The Morgan fingerprint density at radius 2 is 1.81 bits per heavy atom. The molecule has 0 saturated heterocycles. The number of hydrogen-bond donors (Lipinski definition) is 2. The zero-order valence-corrected chi connectivity index (χ0v) is 25.4. The van der Waals surface area contributed by atoms with Crippen LogP contribution >= 0.6 is 7.82 Å². The molecule has 1 fully saturated rings. The fourth-order valence-corrected chi connectivity index (χ4v) is 4.98. The average Bonchev–Trinajstić information content (AvgIpc) is 3.25. The van der Waals surface area contributed by atoms with Crippen molar-refractivity contribution in [2.24, 2.45) is 16.3 Å². The Bertz CT molecular complexity index is 1410. The predicted molar refractivity (Wildman–Crippen MR) is 148 cm³/mol. The van der Waals surface area contributed by atoms with Gasteiger partial charge in [0, 0.05) is 12.0 Å². The molecule has 0 atom stereocenters. The van der Waals surface area contributed by atoms with Crippen LogP contribution in [0, 0.1) is 34.3 Å². The number of aromatic nitrogens is 2. The minimum Gasteiger partial charge on any atom is -0.444 e. The first-order chi connectivity index (χ1) is 19.4. The Balaban J connectivity index is 1.73. The maximum absolute atomic E-state index is 15.2. The van der Waals surface area contributed by atoms with E-state index in [2.05, 4.69) is 14.5 Å². The molecule has 0 spiro atoms. The van der Waals surface area contributed by atoms with E-state index in [9.17, 15) is 19.0 Å². The number of phosphoric acid groups is 1. The maximum Gasteiger partial charge on any atom is 0.511 e. The van der Waals surface area contributed by atoms with Crippen molar-refractivity contribution in [3.05, 3.63) is 23.3 Å². The number of phosphoric ester groups is 1.